The van der Waals surface area contributed by atoms with Crippen LogP contribution in [0.1, 0.15) is 5.56 Å². The largest absolute Gasteiger partial charge is 0.383 e. The molecule has 0 aliphatic carbocycles. The molecule has 0 fully saturated rings. The molecule has 0 radical (unpaired) electrons. The van der Waals surface area contributed by atoms with E-state index in [4.69, 9.17) is 5.73 Å². The fourth-order valence-corrected chi connectivity index (χ4v) is 1.80. The van der Waals surface area contributed by atoms with Crippen molar-refractivity contribution in [3.05, 3.63) is 46.6 Å². The zero-order chi connectivity index (χ0) is 10.8. The van der Waals surface area contributed by atoms with Gasteiger partial charge in [0.25, 0.3) is 0 Å². The lowest BCUT2D eigenvalue weighted by atomic mass is 10.1. The van der Waals surface area contributed by atoms with E-state index in [1.54, 1.807) is 6.20 Å². The number of nitrogens with zero attached hydrogens (tertiary/aromatic N) is 1. The van der Waals surface area contributed by atoms with E-state index in [2.05, 4.69) is 40.0 Å². The highest BCUT2D eigenvalue weighted by molar-refractivity contribution is 9.10. The van der Waals surface area contributed by atoms with Crippen LogP contribution in [-0.2, 0) is 0 Å². The first kappa shape index (κ1) is 10.2. The van der Waals surface area contributed by atoms with Crippen molar-refractivity contribution in [2.24, 2.45) is 0 Å². The second-order valence-corrected chi connectivity index (χ2v) is 4.25. The average molecular weight is 263 g/mol. The summed E-state index contributed by atoms with van der Waals surface area (Å²) in [5.41, 5.74) is 9.08. The van der Waals surface area contributed by atoms with Crippen LogP contribution in [0.2, 0.25) is 0 Å². The molecule has 0 atom stereocenters. The summed E-state index contributed by atoms with van der Waals surface area (Å²) >= 11 is 3.51. The van der Waals surface area contributed by atoms with Crippen LogP contribution in [0.3, 0.4) is 0 Å². The Hall–Kier alpha value is -1.35. The van der Waals surface area contributed by atoms with E-state index in [9.17, 15) is 0 Å². The number of aryl methyl sites for hydroxylation is 1. The van der Waals surface area contributed by atoms with Gasteiger partial charge < -0.3 is 5.73 Å². The van der Waals surface area contributed by atoms with E-state index in [1.807, 2.05) is 18.2 Å². The molecule has 1 aromatic carbocycles. The van der Waals surface area contributed by atoms with Gasteiger partial charge in [0.2, 0.25) is 0 Å². The van der Waals surface area contributed by atoms with E-state index in [1.165, 1.54) is 5.56 Å². The molecule has 2 aromatic rings. The van der Waals surface area contributed by atoms with Gasteiger partial charge in [-0.1, -0.05) is 28.1 Å². The molecule has 0 bridgehead atoms. The van der Waals surface area contributed by atoms with E-state index < -0.39 is 0 Å². The lowest BCUT2D eigenvalue weighted by Crippen LogP contribution is -1.93. The maximum absolute atomic E-state index is 5.81. The summed E-state index contributed by atoms with van der Waals surface area (Å²) in [6.45, 7) is 2.06. The summed E-state index contributed by atoms with van der Waals surface area (Å²) in [5, 5.41) is 0. The zero-order valence-electron chi connectivity index (χ0n) is 8.37. The standard InChI is InChI=1S/C12H11BrN2/c1-8-4-5-9(7-11(8)13)10-3-2-6-15-12(10)14/h2-7H,1H3,(H2,14,15). The lowest BCUT2D eigenvalue weighted by molar-refractivity contribution is 1.33. The number of aromatic nitrogens is 1. The van der Waals surface area contributed by atoms with Crippen molar-refractivity contribution >= 4 is 21.7 Å². The van der Waals surface area contributed by atoms with Gasteiger partial charge in [-0.25, -0.2) is 4.98 Å². The predicted octanol–water partition coefficient (Wildman–Crippen LogP) is 3.40. The van der Waals surface area contributed by atoms with Gasteiger partial charge in [0.05, 0.1) is 0 Å². The molecule has 15 heavy (non-hydrogen) atoms. The van der Waals surface area contributed by atoms with Gasteiger partial charge >= 0.3 is 0 Å². The molecule has 0 saturated carbocycles. The third-order valence-corrected chi connectivity index (χ3v) is 3.18. The number of benzene rings is 1. The molecule has 76 valence electrons. The number of pyridine rings is 1. The summed E-state index contributed by atoms with van der Waals surface area (Å²) in [7, 11) is 0. The van der Waals surface area contributed by atoms with Crippen LogP contribution in [0.15, 0.2) is 41.0 Å². The highest BCUT2D eigenvalue weighted by Gasteiger charge is 2.04. The molecule has 2 N–H and O–H groups in total. The molecule has 0 unspecified atom stereocenters. The van der Waals surface area contributed by atoms with Gasteiger partial charge in [-0.15, -0.1) is 0 Å². The Morgan fingerprint density at radius 2 is 2.07 bits per heavy atom. The van der Waals surface area contributed by atoms with E-state index >= 15 is 0 Å². The van der Waals surface area contributed by atoms with Crippen molar-refractivity contribution in [1.82, 2.24) is 4.98 Å². The molecule has 2 rings (SSSR count). The Bertz CT molecular complexity index is 495. The molecule has 0 spiro atoms. The van der Waals surface area contributed by atoms with Crippen LogP contribution >= 0.6 is 15.9 Å². The Morgan fingerprint density at radius 1 is 1.27 bits per heavy atom. The van der Waals surface area contributed by atoms with Crippen molar-refractivity contribution < 1.29 is 0 Å². The first-order chi connectivity index (χ1) is 7.18. The first-order valence-electron chi connectivity index (χ1n) is 4.65. The predicted molar refractivity (Wildman–Crippen MR) is 66.5 cm³/mol. The van der Waals surface area contributed by atoms with Gasteiger partial charge in [-0.05, 0) is 36.2 Å². The topological polar surface area (TPSA) is 38.9 Å². The fourth-order valence-electron chi connectivity index (χ4n) is 1.42. The second kappa shape index (κ2) is 4.03. The minimum Gasteiger partial charge on any atom is -0.383 e. The number of hydrogen-bond acceptors (Lipinski definition) is 2. The highest BCUT2D eigenvalue weighted by Crippen LogP contribution is 2.28. The Balaban J connectivity index is 2.55. The number of nitrogen functional groups attached to an aromatic ring is 1. The van der Waals surface area contributed by atoms with Gasteiger partial charge in [-0.2, -0.15) is 0 Å². The lowest BCUT2D eigenvalue weighted by Gasteiger charge is -2.06. The maximum atomic E-state index is 5.81. The molecular formula is C12H11BrN2. The van der Waals surface area contributed by atoms with Gasteiger partial charge in [-0.3, -0.25) is 0 Å². The summed E-state index contributed by atoms with van der Waals surface area (Å²) < 4.78 is 1.09. The number of rotatable bonds is 1. The number of halogens is 1. The SMILES string of the molecule is Cc1ccc(-c2cccnc2N)cc1Br. The third-order valence-electron chi connectivity index (χ3n) is 2.32. The maximum Gasteiger partial charge on any atom is 0.131 e. The van der Waals surface area contributed by atoms with Crippen molar-refractivity contribution in [1.29, 1.82) is 0 Å². The molecule has 0 aliphatic heterocycles. The molecule has 2 nitrogen and oxygen atoms in total. The summed E-state index contributed by atoms with van der Waals surface area (Å²) in [5.74, 6) is 0.563. The van der Waals surface area contributed by atoms with Gasteiger partial charge in [0.1, 0.15) is 5.82 Å². The molecular weight excluding hydrogens is 252 g/mol. The van der Waals surface area contributed by atoms with Crippen LogP contribution in [0.5, 0.6) is 0 Å². The van der Waals surface area contributed by atoms with Gasteiger partial charge in [0, 0.05) is 16.2 Å². The van der Waals surface area contributed by atoms with Crippen molar-refractivity contribution in [3.8, 4) is 11.1 Å². The van der Waals surface area contributed by atoms with Crippen molar-refractivity contribution in [3.63, 3.8) is 0 Å². The molecule has 3 heteroatoms. The van der Waals surface area contributed by atoms with Crippen LogP contribution in [0.25, 0.3) is 11.1 Å². The Morgan fingerprint density at radius 3 is 2.73 bits per heavy atom. The smallest absolute Gasteiger partial charge is 0.131 e. The minimum atomic E-state index is 0.563. The monoisotopic (exact) mass is 262 g/mol. The number of nitrogens with two attached hydrogens (primary N) is 1. The van der Waals surface area contributed by atoms with Crippen molar-refractivity contribution in [2.75, 3.05) is 5.73 Å². The third kappa shape index (κ3) is 2.02. The second-order valence-electron chi connectivity index (χ2n) is 3.40. The Kier molecular flexibility index (Phi) is 2.73. The number of anilines is 1. The summed E-state index contributed by atoms with van der Waals surface area (Å²) in [6, 6.07) is 10.0. The normalized spacial score (nSPS) is 10.3. The molecule has 1 aromatic heterocycles. The van der Waals surface area contributed by atoms with Crippen molar-refractivity contribution in [2.45, 2.75) is 6.92 Å². The van der Waals surface area contributed by atoms with E-state index in [-0.39, 0.29) is 0 Å². The highest BCUT2D eigenvalue weighted by atomic mass is 79.9. The minimum absolute atomic E-state index is 0.563. The van der Waals surface area contributed by atoms with Gasteiger partial charge in [0.15, 0.2) is 0 Å². The van der Waals surface area contributed by atoms with E-state index in [0.717, 1.165) is 15.6 Å². The number of hydrogen-bond donors (Lipinski definition) is 1. The quantitative estimate of drug-likeness (QED) is 0.856. The summed E-state index contributed by atoms with van der Waals surface area (Å²) in [4.78, 5) is 4.07. The summed E-state index contributed by atoms with van der Waals surface area (Å²) in [6.07, 6.45) is 1.70. The van der Waals surface area contributed by atoms with Crippen LogP contribution in [0.4, 0.5) is 5.82 Å². The molecule has 0 saturated heterocycles. The molecule has 0 amide bonds. The first-order valence-corrected chi connectivity index (χ1v) is 5.45. The zero-order valence-corrected chi connectivity index (χ0v) is 9.95. The molecule has 0 aliphatic rings. The van der Waals surface area contributed by atoms with Crippen LogP contribution in [-0.4, -0.2) is 4.98 Å². The average Bonchev–Trinajstić information content (AvgIpc) is 2.23. The fraction of sp³-hybridized carbons (Fsp3) is 0.0833. The van der Waals surface area contributed by atoms with Crippen LogP contribution < -0.4 is 5.73 Å². The van der Waals surface area contributed by atoms with Crippen LogP contribution in [0, 0.1) is 6.92 Å². The molecule has 1 heterocycles. The Labute approximate surface area is 97.3 Å². The van der Waals surface area contributed by atoms with E-state index in [0.29, 0.717) is 5.82 Å².